The first-order valence-corrected chi connectivity index (χ1v) is 8.31. The monoisotopic (exact) mass is 309 g/mol. The molecule has 1 aliphatic heterocycles. The largest absolute Gasteiger partial charge is 0.335 e. The van der Waals surface area contributed by atoms with Crippen molar-refractivity contribution in [1.29, 1.82) is 0 Å². The molecule has 0 amide bonds. The number of nitrogens with zero attached hydrogens (tertiary/aromatic N) is 5. The zero-order valence-corrected chi connectivity index (χ0v) is 13.8. The molecule has 0 saturated heterocycles. The van der Waals surface area contributed by atoms with Crippen LogP contribution >= 0.6 is 0 Å². The van der Waals surface area contributed by atoms with Crippen LogP contribution in [0, 0.1) is 12.8 Å². The third kappa shape index (κ3) is 2.88. The van der Waals surface area contributed by atoms with Gasteiger partial charge in [-0.15, -0.1) is 0 Å². The smallest absolute Gasteiger partial charge is 0.137 e. The molecule has 5 nitrogen and oxygen atoms in total. The fourth-order valence-corrected chi connectivity index (χ4v) is 3.64. The molecule has 0 aromatic carbocycles. The quantitative estimate of drug-likeness (QED) is 0.743. The van der Waals surface area contributed by atoms with E-state index in [2.05, 4.69) is 63.4 Å². The number of aryl methyl sites for hydroxylation is 2. The second-order valence-electron chi connectivity index (χ2n) is 6.72. The summed E-state index contributed by atoms with van der Waals surface area (Å²) in [5.41, 5.74) is 3.40. The highest BCUT2D eigenvalue weighted by Gasteiger charge is 2.20. The van der Waals surface area contributed by atoms with Crippen molar-refractivity contribution in [2.45, 2.75) is 32.9 Å². The fourth-order valence-electron chi connectivity index (χ4n) is 3.64. The Labute approximate surface area is 136 Å². The average molecular weight is 309 g/mol. The Balaban J connectivity index is 1.41. The van der Waals surface area contributed by atoms with Crippen LogP contribution in [0.25, 0.3) is 5.65 Å². The van der Waals surface area contributed by atoms with E-state index in [0.717, 1.165) is 37.4 Å². The first-order valence-electron chi connectivity index (χ1n) is 8.31. The van der Waals surface area contributed by atoms with E-state index >= 15 is 0 Å². The highest BCUT2D eigenvalue weighted by atomic mass is 15.1. The molecule has 1 atom stereocenters. The Morgan fingerprint density at radius 3 is 3.13 bits per heavy atom. The first-order chi connectivity index (χ1) is 11.2. The summed E-state index contributed by atoms with van der Waals surface area (Å²) in [6.07, 6.45) is 8.51. The van der Waals surface area contributed by atoms with Crippen LogP contribution in [0.4, 0.5) is 0 Å². The highest BCUT2D eigenvalue weighted by Crippen LogP contribution is 2.20. The van der Waals surface area contributed by atoms with Crippen molar-refractivity contribution >= 4 is 5.65 Å². The van der Waals surface area contributed by atoms with Crippen LogP contribution in [-0.2, 0) is 19.5 Å². The van der Waals surface area contributed by atoms with Gasteiger partial charge in [0, 0.05) is 50.3 Å². The van der Waals surface area contributed by atoms with E-state index in [9.17, 15) is 0 Å². The fraction of sp³-hybridized carbons (Fsp3) is 0.444. The summed E-state index contributed by atoms with van der Waals surface area (Å²) in [5, 5.41) is 0. The molecule has 0 radical (unpaired) electrons. The minimum atomic E-state index is 0.695. The lowest BCUT2D eigenvalue weighted by atomic mass is 9.99. The molecule has 3 aromatic rings. The van der Waals surface area contributed by atoms with Crippen molar-refractivity contribution in [1.82, 2.24) is 23.8 Å². The van der Waals surface area contributed by atoms with E-state index in [1.54, 1.807) is 0 Å². The Bertz CT molecular complexity index is 816. The van der Waals surface area contributed by atoms with Gasteiger partial charge in [-0.1, -0.05) is 6.07 Å². The summed E-state index contributed by atoms with van der Waals surface area (Å²) in [6, 6.07) is 6.25. The molecular weight excluding hydrogens is 286 g/mol. The molecule has 0 bridgehead atoms. The van der Waals surface area contributed by atoms with Crippen molar-refractivity contribution in [2.24, 2.45) is 5.92 Å². The molecule has 0 unspecified atom stereocenters. The summed E-state index contributed by atoms with van der Waals surface area (Å²) in [4.78, 5) is 11.5. The van der Waals surface area contributed by atoms with Crippen LogP contribution < -0.4 is 0 Å². The van der Waals surface area contributed by atoms with Crippen LogP contribution in [0.15, 0.2) is 36.8 Å². The molecule has 0 saturated carbocycles. The number of rotatable bonds is 4. The number of aromatic nitrogens is 4. The van der Waals surface area contributed by atoms with Gasteiger partial charge in [-0.25, -0.2) is 9.97 Å². The molecule has 23 heavy (non-hydrogen) atoms. The number of imidazole rings is 2. The molecular formula is C18H23N5. The number of pyridine rings is 1. The topological polar surface area (TPSA) is 38.4 Å². The molecule has 5 heteroatoms. The molecule has 0 fully saturated rings. The van der Waals surface area contributed by atoms with Crippen molar-refractivity contribution in [3.63, 3.8) is 0 Å². The van der Waals surface area contributed by atoms with Gasteiger partial charge in [0.25, 0.3) is 0 Å². The van der Waals surface area contributed by atoms with Crippen molar-refractivity contribution in [3.8, 4) is 0 Å². The van der Waals surface area contributed by atoms with Gasteiger partial charge >= 0.3 is 0 Å². The lowest BCUT2D eigenvalue weighted by Gasteiger charge is -2.27. The molecule has 1 aliphatic rings. The summed E-state index contributed by atoms with van der Waals surface area (Å²) < 4.78 is 4.47. The first kappa shape index (κ1) is 14.5. The molecule has 4 rings (SSSR count). The molecule has 3 aromatic heterocycles. The van der Waals surface area contributed by atoms with E-state index in [1.165, 1.54) is 17.9 Å². The Hall–Kier alpha value is -2.14. The van der Waals surface area contributed by atoms with Crippen molar-refractivity contribution in [2.75, 3.05) is 13.6 Å². The lowest BCUT2D eigenvalue weighted by Crippen LogP contribution is -2.31. The predicted molar refractivity (Wildman–Crippen MR) is 90.3 cm³/mol. The van der Waals surface area contributed by atoms with Gasteiger partial charge < -0.3 is 13.9 Å². The molecule has 0 N–H and O–H groups in total. The lowest BCUT2D eigenvalue weighted by molar-refractivity contribution is 0.227. The minimum Gasteiger partial charge on any atom is -0.335 e. The maximum Gasteiger partial charge on any atom is 0.137 e. The third-order valence-electron chi connectivity index (χ3n) is 4.78. The Morgan fingerprint density at radius 2 is 2.26 bits per heavy atom. The second-order valence-corrected chi connectivity index (χ2v) is 6.72. The van der Waals surface area contributed by atoms with Gasteiger partial charge in [0.05, 0.1) is 5.69 Å². The zero-order chi connectivity index (χ0) is 15.8. The Morgan fingerprint density at radius 1 is 1.35 bits per heavy atom. The highest BCUT2D eigenvalue weighted by molar-refractivity contribution is 5.41. The van der Waals surface area contributed by atoms with E-state index in [-0.39, 0.29) is 0 Å². The van der Waals surface area contributed by atoms with Gasteiger partial charge in [0.1, 0.15) is 11.5 Å². The summed E-state index contributed by atoms with van der Waals surface area (Å²) in [7, 11) is 2.19. The standard InChI is InChI=1S/C18H23N5/c1-14-4-3-5-18-20-16(13-23(14)18)12-21(2)10-15-6-7-17-19-8-9-22(17)11-15/h3-5,8-9,13,15H,6-7,10-12H2,1-2H3/t15-/m1/s1. The van der Waals surface area contributed by atoms with E-state index in [4.69, 9.17) is 4.98 Å². The number of fused-ring (bicyclic) bond motifs is 2. The average Bonchev–Trinajstić information content (AvgIpc) is 3.13. The molecule has 0 spiro atoms. The molecule has 4 heterocycles. The molecule has 120 valence electrons. The summed E-state index contributed by atoms with van der Waals surface area (Å²) in [5.74, 6) is 1.93. The van der Waals surface area contributed by atoms with Gasteiger partial charge in [0.2, 0.25) is 0 Å². The van der Waals surface area contributed by atoms with Crippen LogP contribution in [0.2, 0.25) is 0 Å². The van der Waals surface area contributed by atoms with E-state index in [1.807, 2.05) is 6.20 Å². The maximum atomic E-state index is 4.74. The van der Waals surface area contributed by atoms with E-state index in [0.29, 0.717) is 5.92 Å². The minimum absolute atomic E-state index is 0.695. The van der Waals surface area contributed by atoms with Crippen molar-refractivity contribution < 1.29 is 0 Å². The van der Waals surface area contributed by atoms with Gasteiger partial charge in [0.15, 0.2) is 0 Å². The Kier molecular flexibility index (Phi) is 3.65. The van der Waals surface area contributed by atoms with E-state index < -0.39 is 0 Å². The predicted octanol–water partition coefficient (Wildman–Crippen LogP) is 2.53. The normalized spacial score (nSPS) is 17.8. The molecule has 0 aliphatic carbocycles. The van der Waals surface area contributed by atoms with Gasteiger partial charge in [-0.2, -0.15) is 0 Å². The summed E-state index contributed by atoms with van der Waals surface area (Å²) >= 11 is 0. The van der Waals surface area contributed by atoms with Gasteiger partial charge in [-0.05, 0) is 38.4 Å². The van der Waals surface area contributed by atoms with Crippen LogP contribution in [0.1, 0.15) is 23.6 Å². The third-order valence-corrected chi connectivity index (χ3v) is 4.78. The zero-order valence-electron chi connectivity index (χ0n) is 13.8. The maximum absolute atomic E-state index is 4.74. The van der Waals surface area contributed by atoms with Crippen LogP contribution in [-0.4, -0.2) is 37.4 Å². The van der Waals surface area contributed by atoms with Gasteiger partial charge in [-0.3, -0.25) is 0 Å². The number of hydrogen-bond acceptors (Lipinski definition) is 3. The second kappa shape index (κ2) is 5.81. The SMILES string of the molecule is Cc1cccc2nc(CN(C)C[C@H]3CCc4nccn4C3)cn12. The number of hydrogen-bond donors (Lipinski definition) is 0. The van der Waals surface area contributed by atoms with Crippen LogP contribution in [0.3, 0.4) is 0 Å². The van der Waals surface area contributed by atoms with Crippen LogP contribution in [0.5, 0.6) is 0 Å². The van der Waals surface area contributed by atoms with Crippen molar-refractivity contribution in [3.05, 3.63) is 54.0 Å². The summed E-state index contributed by atoms with van der Waals surface area (Å²) in [6.45, 7) is 5.20.